The molecule has 134 valence electrons. The van der Waals surface area contributed by atoms with Crippen LogP contribution in [-0.4, -0.2) is 9.97 Å². The summed E-state index contributed by atoms with van der Waals surface area (Å²) in [6.07, 6.45) is 8.10. The molecule has 0 N–H and O–H groups in total. The molecule has 0 atom stereocenters. The molecular weight excluding hydrogens is 320 g/mol. The molecule has 0 saturated carbocycles. The van der Waals surface area contributed by atoms with Gasteiger partial charge in [-0.15, -0.1) is 0 Å². The molecule has 0 radical (unpaired) electrons. The van der Waals surface area contributed by atoms with E-state index >= 15 is 0 Å². The molecular formula is C23H26N2O. The molecule has 26 heavy (non-hydrogen) atoms. The van der Waals surface area contributed by atoms with Crippen molar-refractivity contribution < 1.29 is 4.74 Å². The van der Waals surface area contributed by atoms with Crippen LogP contribution >= 0.6 is 0 Å². The van der Waals surface area contributed by atoms with E-state index < -0.39 is 0 Å². The Kier molecular flexibility index (Phi) is 6.37. The molecule has 2 aromatic carbocycles. The van der Waals surface area contributed by atoms with Crippen molar-refractivity contribution in [3.05, 3.63) is 77.6 Å². The van der Waals surface area contributed by atoms with Crippen LogP contribution in [0.2, 0.25) is 0 Å². The summed E-state index contributed by atoms with van der Waals surface area (Å²) in [6, 6.07) is 17.1. The third kappa shape index (κ3) is 4.92. The van der Waals surface area contributed by atoms with Crippen LogP contribution in [0.15, 0.2) is 60.9 Å². The lowest BCUT2D eigenvalue weighted by Gasteiger charge is -2.07. The predicted octanol–water partition coefficient (Wildman–Crippen LogP) is 5.63. The Hall–Kier alpha value is -2.68. The summed E-state index contributed by atoms with van der Waals surface area (Å²) >= 11 is 0. The SMILES string of the molecule is CCCCc1ccc(COc2cnc(-c3ccc(CC)cc3)cn2)cc1. The fraction of sp³-hybridized carbons (Fsp3) is 0.304. The Labute approximate surface area is 156 Å². The van der Waals surface area contributed by atoms with Gasteiger partial charge in [0.25, 0.3) is 0 Å². The average Bonchev–Trinajstić information content (AvgIpc) is 2.72. The standard InChI is InChI=1S/C23H26N2O/c1-3-5-6-19-7-9-20(10-8-19)17-26-23-16-24-22(15-25-23)21-13-11-18(4-2)12-14-21/h7-16H,3-6,17H2,1-2H3. The number of rotatable bonds is 8. The number of benzene rings is 2. The average molecular weight is 346 g/mol. The highest BCUT2D eigenvalue weighted by Gasteiger charge is 2.03. The van der Waals surface area contributed by atoms with E-state index in [2.05, 4.69) is 72.3 Å². The van der Waals surface area contributed by atoms with Crippen molar-refractivity contribution in [2.24, 2.45) is 0 Å². The molecule has 1 aromatic heterocycles. The molecule has 0 fully saturated rings. The van der Waals surface area contributed by atoms with Crippen molar-refractivity contribution in [3.8, 4) is 17.1 Å². The molecule has 3 rings (SSSR count). The minimum Gasteiger partial charge on any atom is -0.472 e. The Bertz CT molecular complexity index is 793. The third-order valence-electron chi connectivity index (χ3n) is 4.51. The van der Waals surface area contributed by atoms with Gasteiger partial charge in [-0.25, -0.2) is 9.97 Å². The molecule has 0 spiro atoms. The predicted molar refractivity (Wildman–Crippen MR) is 106 cm³/mol. The highest BCUT2D eigenvalue weighted by Crippen LogP contribution is 2.19. The van der Waals surface area contributed by atoms with E-state index in [1.54, 1.807) is 12.4 Å². The second-order valence-electron chi connectivity index (χ2n) is 6.50. The second kappa shape index (κ2) is 9.14. The van der Waals surface area contributed by atoms with Crippen LogP contribution in [0.5, 0.6) is 5.88 Å². The summed E-state index contributed by atoms with van der Waals surface area (Å²) in [5, 5.41) is 0. The number of aryl methyl sites for hydroxylation is 2. The quantitative estimate of drug-likeness (QED) is 0.530. The summed E-state index contributed by atoms with van der Waals surface area (Å²) in [5.41, 5.74) is 5.78. The maximum absolute atomic E-state index is 5.77. The van der Waals surface area contributed by atoms with E-state index in [4.69, 9.17) is 4.74 Å². The van der Waals surface area contributed by atoms with Crippen molar-refractivity contribution in [1.82, 2.24) is 9.97 Å². The van der Waals surface area contributed by atoms with Gasteiger partial charge in [-0.05, 0) is 36.0 Å². The Morgan fingerprint density at radius 1 is 0.769 bits per heavy atom. The summed E-state index contributed by atoms with van der Waals surface area (Å²) in [7, 11) is 0. The van der Waals surface area contributed by atoms with Crippen molar-refractivity contribution in [2.45, 2.75) is 46.1 Å². The van der Waals surface area contributed by atoms with Gasteiger partial charge in [0, 0.05) is 5.56 Å². The van der Waals surface area contributed by atoms with E-state index in [0.717, 1.165) is 29.7 Å². The second-order valence-corrected chi connectivity index (χ2v) is 6.50. The molecule has 0 saturated heterocycles. The van der Waals surface area contributed by atoms with Crippen molar-refractivity contribution in [3.63, 3.8) is 0 Å². The lowest BCUT2D eigenvalue weighted by Crippen LogP contribution is -1.98. The van der Waals surface area contributed by atoms with Crippen LogP contribution in [0.1, 0.15) is 43.4 Å². The highest BCUT2D eigenvalue weighted by atomic mass is 16.5. The lowest BCUT2D eigenvalue weighted by molar-refractivity contribution is 0.292. The summed E-state index contributed by atoms with van der Waals surface area (Å²) in [6.45, 7) is 4.88. The first kappa shape index (κ1) is 18.1. The smallest absolute Gasteiger partial charge is 0.232 e. The van der Waals surface area contributed by atoms with Gasteiger partial charge in [-0.3, -0.25) is 0 Å². The zero-order valence-corrected chi connectivity index (χ0v) is 15.6. The molecule has 0 aliphatic heterocycles. The van der Waals surface area contributed by atoms with Crippen LogP contribution in [0.3, 0.4) is 0 Å². The molecule has 0 aliphatic carbocycles. The van der Waals surface area contributed by atoms with E-state index in [9.17, 15) is 0 Å². The van der Waals surface area contributed by atoms with Gasteiger partial charge in [0.15, 0.2) is 0 Å². The summed E-state index contributed by atoms with van der Waals surface area (Å²) < 4.78 is 5.77. The van der Waals surface area contributed by atoms with Gasteiger partial charge in [0.1, 0.15) is 6.61 Å². The largest absolute Gasteiger partial charge is 0.472 e. The highest BCUT2D eigenvalue weighted by molar-refractivity contribution is 5.58. The van der Waals surface area contributed by atoms with Gasteiger partial charge < -0.3 is 4.74 Å². The van der Waals surface area contributed by atoms with Crippen molar-refractivity contribution >= 4 is 0 Å². The van der Waals surface area contributed by atoms with Crippen LogP contribution < -0.4 is 4.74 Å². The van der Waals surface area contributed by atoms with E-state index in [0.29, 0.717) is 12.5 Å². The van der Waals surface area contributed by atoms with Gasteiger partial charge in [-0.1, -0.05) is 68.8 Å². The molecule has 0 aliphatic rings. The van der Waals surface area contributed by atoms with Gasteiger partial charge in [0.05, 0.1) is 18.1 Å². The molecule has 3 nitrogen and oxygen atoms in total. The van der Waals surface area contributed by atoms with Crippen LogP contribution in [-0.2, 0) is 19.4 Å². The number of hydrogen-bond acceptors (Lipinski definition) is 3. The molecule has 0 bridgehead atoms. The van der Waals surface area contributed by atoms with Crippen molar-refractivity contribution in [2.75, 3.05) is 0 Å². The van der Waals surface area contributed by atoms with Crippen LogP contribution in [0.4, 0.5) is 0 Å². The maximum atomic E-state index is 5.77. The number of nitrogens with zero attached hydrogens (tertiary/aromatic N) is 2. The van der Waals surface area contributed by atoms with Gasteiger partial charge in [0.2, 0.25) is 5.88 Å². The van der Waals surface area contributed by atoms with Gasteiger partial charge in [-0.2, -0.15) is 0 Å². The zero-order chi connectivity index (χ0) is 18.2. The Morgan fingerprint density at radius 2 is 1.46 bits per heavy atom. The molecule has 0 unspecified atom stereocenters. The van der Waals surface area contributed by atoms with E-state index in [-0.39, 0.29) is 0 Å². The fourth-order valence-electron chi connectivity index (χ4n) is 2.79. The van der Waals surface area contributed by atoms with Crippen LogP contribution in [0, 0.1) is 0 Å². The van der Waals surface area contributed by atoms with E-state index in [1.807, 2.05) is 0 Å². The first-order chi connectivity index (χ1) is 12.8. The monoisotopic (exact) mass is 346 g/mol. The number of unbranched alkanes of at least 4 members (excludes halogenated alkanes) is 1. The minimum absolute atomic E-state index is 0.507. The summed E-state index contributed by atoms with van der Waals surface area (Å²) in [5.74, 6) is 0.550. The summed E-state index contributed by atoms with van der Waals surface area (Å²) in [4.78, 5) is 8.86. The third-order valence-corrected chi connectivity index (χ3v) is 4.51. The maximum Gasteiger partial charge on any atom is 0.232 e. The number of ether oxygens (including phenoxy) is 1. The fourth-order valence-corrected chi connectivity index (χ4v) is 2.79. The molecule has 3 aromatic rings. The first-order valence-corrected chi connectivity index (χ1v) is 9.40. The first-order valence-electron chi connectivity index (χ1n) is 9.40. The molecule has 0 amide bonds. The van der Waals surface area contributed by atoms with Crippen molar-refractivity contribution in [1.29, 1.82) is 0 Å². The van der Waals surface area contributed by atoms with E-state index in [1.165, 1.54) is 24.0 Å². The normalized spacial score (nSPS) is 10.7. The van der Waals surface area contributed by atoms with Gasteiger partial charge >= 0.3 is 0 Å². The Morgan fingerprint density at radius 3 is 2.08 bits per heavy atom. The lowest BCUT2D eigenvalue weighted by atomic mass is 10.1. The minimum atomic E-state index is 0.507. The van der Waals surface area contributed by atoms with Crippen LogP contribution in [0.25, 0.3) is 11.3 Å². The zero-order valence-electron chi connectivity index (χ0n) is 15.6. The number of hydrogen-bond donors (Lipinski definition) is 0. The number of aromatic nitrogens is 2. The topological polar surface area (TPSA) is 35.0 Å². The molecule has 3 heteroatoms. The Balaban J connectivity index is 1.57. The molecule has 1 heterocycles.